The van der Waals surface area contributed by atoms with Crippen molar-refractivity contribution in [3.8, 4) is 0 Å². The van der Waals surface area contributed by atoms with Crippen LogP contribution in [0.15, 0.2) is 59.0 Å². The molecule has 2 unspecified atom stereocenters. The maximum Gasteiger partial charge on any atom is 0.134 e. The lowest BCUT2D eigenvalue weighted by atomic mass is 9.86. The lowest BCUT2D eigenvalue weighted by molar-refractivity contribution is 0.449. The largest absolute Gasteiger partial charge is 0.460 e. The van der Waals surface area contributed by atoms with E-state index in [-0.39, 0.29) is 0 Å². The van der Waals surface area contributed by atoms with Crippen molar-refractivity contribution in [1.82, 2.24) is 5.32 Å². The van der Waals surface area contributed by atoms with Gasteiger partial charge in [0.2, 0.25) is 0 Å². The van der Waals surface area contributed by atoms with Crippen LogP contribution in [-0.4, -0.2) is 6.54 Å². The van der Waals surface area contributed by atoms with E-state index in [1.165, 1.54) is 16.5 Å². The average Bonchev–Trinajstić information content (AvgIpc) is 2.91. The molecule has 1 N–H and O–H groups in total. The molecule has 0 amide bonds. The van der Waals surface area contributed by atoms with Gasteiger partial charge in [-0.05, 0) is 30.2 Å². The SMILES string of the molecule is CC1NCC(c2cc3ccccc3o2)c2ccccc21. The van der Waals surface area contributed by atoms with Crippen LogP contribution in [0.3, 0.4) is 0 Å². The number of nitrogens with one attached hydrogen (secondary N) is 1. The van der Waals surface area contributed by atoms with Crippen molar-refractivity contribution in [2.24, 2.45) is 0 Å². The quantitative estimate of drug-likeness (QED) is 0.710. The number of benzene rings is 2. The van der Waals surface area contributed by atoms with Gasteiger partial charge in [0, 0.05) is 18.0 Å². The molecule has 0 saturated heterocycles. The van der Waals surface area contributed by atoms with Gasteiger partial charge in [0.25, 0.3) is 0 Å². The Balaban J connectivity index is 1.84. The van der Waals surface area contributed by atoms with Gasteiger partial charge >= 0.3 is 0 Å². The molecule has 2 heterocycles. The second-order valence-electron chi connectivity index (χ2n) is 5.50. The van der Waals surface area contributed by atoms with Crippen LogP contribution < -0.4 is 5.32 Å². The first-order chi connectivity index (χ1) is 9.83. The van der Waals surface area contributed by atoms with Gasteiger partial charge in [0.05, 0.1) is 5.92 Å². The summed E-state index contributed by atoms with van der Waals surface area (Å²) in [5.41, 5.74) is 3.74. The Morgan fingerprint density at radius 1 is 1.00 bits per heavy atom. The molecule has 4 rings (SSSR count). The molecule has 0 fully saturated rings. The third-order valence-corrected chi connectivity index (χ3v) is 4.25. The van der Waals surface area contributed by atoms with Crippen LogP contribution in [0.5, 0.6) is 0 Å². The highest BCUT2D eigenvalue weighted by Crippen LogP contribution is 2.36. The Kier molecular flexibility index (Phi) is 2.64. The molecule has 1 aliphatic heterocycles. The van der Waals surface area contributed by atoms with Crippen LogP contribution in [0.2, 0.25) is 0 Å². The molecule has 2 heteroatoms. The molecule has 0 spiro atoms. The second-order valence-corrected chi connectivity index (χ2v) is 5.50. The summed E-state index contributed by atoms with van der Waals surface area (Å²) in [6, 6.07) is 19.5. The minimum Gasteiger partial charge on any atom is -0.460 e. The van der Waals surface area contributed by atoms with E-state index in [4.69, 9.17) is 4.42 Å². The van der Waals surface area contributed by atoms with Crippen molar-refractivity contribution in [3.63, 3.8) is 0 Å². The highest BCUT2D eigenvalue weighted by atomic mass is 16.3. The minimum atomic E-state index is 0.301. The highest BCUT2D eigenvalue weighted by molar-refractivity contribution is 5.78. The van der Waals surface area contributed by atoms with Crippen LogP contribution in [0, 0.1) is 0 Å². The maximum absolute atomic E-state index is 6.06. The number of rotatable bonds is 1. The summed E-state index contributed by atoms with van der Waals surface area (Å²) in [6.45, 7) is 3.14. The van der Waals surface area contributed by atoms with Crippen LogP contribution in [0.25, 0.3) is 11.0 Å². The molecule has 3 aromatic rings. The zero-order chi connectivity index (χ0) is 13.5. The molecule has 2 atom stereocenters. The summed E-state index contributed by atoms with van der Waals surface area (Å²) in [7, 11) is 0. The predicted octanol–water partition coefficient (Wildman–Crippen LogP) is 4.23. The smallest absolute Gasteiger partial charge is 0.134 e. The summed E-state index contributed by atoms with van der Waals surface area (Å²) in [5, 5.41) is 4.75. The number of hydrogen-bond donors (Lipinski definition) is 1. The third-order valence-electron chi connectivity index (χ3n) is 4.25. The standard InChI is InChI=1S/C18H17NO/c1-12-14-7-3-4-8-15(14)16(11-19-12)18-10-13-6-2-5-9-17(13)20-18/h2-10,12,16,19H,11H2,1H3. The molecule has 0 radical (unpaired) electrons. The van der Waals surface area contributed by atoms with Crippen molar-refractivity contribution in [1.29, 1.82) is 0 Å². The summed E-state index contributed by atoms with van der Waals surface area (Å²) < 4.78 is 6.06. The maximum atomic E-state index is 6.06. The third kappa shape index (κ3) is 1.76. The van der Waals surface area contributed by atoms with Crippen LogP contribution in [0.4, 0.5) is 0 Å². The zero-order valence-electron chi connectivity index (χ0n) is 11.5. The Morgan fingerprint density at radius 2 is 1.75 bits per heavy atom. The number of para-hydroxylation sites is 1. The summed E-state index contributed by atoms with van der Waals surface area (Å²) in [5.74, 6) is 1.35. The first kappa shape index (κ1) is 11.7. The average molecular weight is 263 g/mol. The molecule has 20 heavy (non-hydrogen) atoms. The van der Waals surface area contributed by atoms with Gasteiger partial charge in [-0.2, -0.15) is 0 Å². The number of furan rings is 1. The molecular formula is C18H17NO. The van der Waals surface area contributed by atoms with E-state index in [1.54, 1.807) is 0 Å². The molecular weight excluding hydrogens is 246 g/mol. The fourth-order valence-corrected chi connectivity index (χ4v) is 3.17. The van der Waals surface area contributed by atoms with Crippen molar-refractivity contribution in [2.75, 3.05) is 6.54 Å². The molecule has 100 valence electrons. The van der Waals surface area contributed by atoms with Gasteiger partial charge in [0.15, 0.2) is 0 Å². The molecule has 1 aromatic heterocycles. The zero-order valence-corrected chi connectivity index (χ0v) is 11.5. The van der Waals surface area contributed by atoms with E-state index in [0.717, 1.165) is 17.9 Å². The molecule has 1 aliphatic rings. The van der Waals surface area contributed by atoms with E-state index < -0.39 is 0 Å². The monoisotopic (exact) mass is 263 g/mol. The second kappa shape index (κ2) is 4.50. The summed E-state index contributed by atoms with van der Waals surface area (Å²) in [6.07, 6.45) is 0. The minimum absolute atomic E-state index is 0.301. The van der Waals surface area contributed by atoms with E-state index in [2.05, 4.69) is 54.7 Å². The van der Waals surface area contributed by atoms with Crippen molar-refractivity contribution >= 4 is 11.0 Å². The van der Waals surface area contributed by atoms with E-state index in [0.29, 0.717) is 12.0 Å². The van der Waals surface area contributed by atoms with Gasteiger partial charge in [0.1, 0.15) is 11.3 Å². The number of fused-ring (bicyclic) bond motifs is 2. The van der Waals surface area contributed by atoms with Crippen LogP contribution in [-0.2, 0) is 0 Å². The highest BCUT2D eigenvalue weighted by Gasteiger charge is 2.27. The topological polar surface area (TPSA) is 25.2 Å². The Morgan fingerprint density at radius 3 is 2.60 bits per heavy atom. The first-order valence-corrected chi connectivity index (χ1v) is 7.13. The van der Waals surface area contributed by atoms with Crippen molar-refractivity contribution in [2.45, 2.75) is 18.9 Å². The predicted molar refractivity (Wildman–Crippen MR) is 80.9 cm³/mol. The fourth-order valence-electron chi connectivity index (χ4n) is 3.17. The van der Waals surface area contributed by atoms with E-state index in [9.17, 15) is 0 Å². The molecule has 0 saturated carbocycles. The van der Waals surface area contributed by atoms with Crippen LogP contribution >= 0.6 is 0 Å². The summed E-state index contributed by atoms with van der Waals surface area (Å²) >= 11 is 0. The summed E-state index contributed by atoms with van der Waals surface area (Å²) in [4.78, 5) is 0. The van der Waals surface area contributed by atoms with Gasteiger partial charge in [-0.1, -0.05) is 42.5 Å². The molecule has 2 nitrogen and oxygen atoms in total. The Labute approximate surface area is 118 Å². The van der Waals surface area contributed by atoms with Gasteiger partial charge in [-0.15, -0.1) is 0 Å². The van der Waals surface area contributed by atoms with Crippen LogP contribution in [0.1, 0.15) is 35.8 Å². The van der Waals surface area contributed by atoms with Gasteiger partial charge < -0.3 is 9.73 Å². The molecule has 0 bridgehead atoms. The van der Waals surface area contributed by atoms with Crippen molar-refractivity contribution < 1.29 is 4.42 Å². The number of hydrogen-bond acceptors (Lipinski definition) is 2. The van der Waals surface area contributed by atoms with E-state index in [1.807, 2.05) is 12.1 Å². The Bertz CT molecular complexity index is 726. The van der Waals surface area contributed by atoms with Gasteiger partial charge in [-0.25, -0.2) is 0 Å². The first-order valence-electron chi connectivity index (χ1n) is 7.13. The fraction of sp³-hybridized carbons (Fsp3) is 0.222. The van der Waals surface area contributed by atoms with E-state index >= 15 is 0 Å². The van der Waals surface area contributed by atoms with Crippen molar-refractivity contribution in [3.05, 3.63) is 71.5 Å². The lowest BCUT2D eigenvalue weighted by Gasteiger charge is -2.29. The molecule has 2 aromatic carbocycles. The normalized spacial score (nSPS) is 21.9. The Hall–Kier alpha value is -2.06. The lowest BCUT2D eigenvalue weighted by Crippen LogP contribution is -2.31. The van der Waals surface area contributed by atoms with Gasteiger partial charge in [-0.3, -0.25) is 0 Å². The molecule has 0 aliphatic carbocycles.